The molecule has 0 unspecified atom stereocenters. The van der Waals surface area contributed by atoms with Gasteiger partial charge in [-0.25, -0.2) is 0 Å². The summed E-state index contributed by atoms with van der Waals surface area (Å²) in [7, 11) is 0. The molecule has 65 valence electrons. The van der Waals surface area contributed by atoms with E-state index < -0.39 is 0 Å². The third-order valence-electron chi connectivity index (χ3n) is 2.06. The van der Waals surface area contributed by atoms with Gasteiger partial charge in [0.2, 0.25) is 0 Å². The Kier molecular flexibility index (Phi) is 2.51. The molecule has 0 saturated heterocycles. The predicted octanol–water partition coefficient (Wildman–Crippen LogP) is 3.80. The first-order chi connectivity index (χ1) is 6.38. The average Bonchev–Trinajstić information content (AvgIpc) is 2.20. The van der Waals surface area contributed by atoms with Crippen LogP contribution in [0.25, 0.3) is 5.57 Å². The van der Waals surface area contributed by atoms with Gasteiger partial charge in [0.05, 0.1) is 0 Å². The quantitative estimate of drug-likeness (QED) is 0.631. The van der Waals surface area contributed by atoms with E-state index in [0.717, 1.165) is 17.0 Å². The van der Waals surface area contributed by atoms with E-state index in [9.17, 15) is 0 Å². The molecule has 0 aliphatic heterocycles. The molecule has 2 rings (SSSR count). The number of hydrogen-bond donors (Lipinski definition) is 0. The van der Waals surface area contributed by atoms with Crippen molar-refractivity contribution in [1.29, 1.82) is 0 Å². The maximum atomic E-state index is 6.08. The summed E-state index contributed by atoms with van der Waals surface area (Å²) in [4.78, 5) is 0. The highest BCUT2D eigenvalue weighted by Crippen LogP contribution is 2.29. The second-order valence-electron chi connectivity index (χ2n) is 2.97. The van der Waals surface area contributed by atoms with Gasteiger partial charge < -0.3 is 0 Å². The highest BCUT2D eigenvalue weighted by Gasteiger charge is 2.07. The fourth-order valence-electron chi connectivity index (χ4n) is 1.42. The maximum Gasteiger partial charge on any atom is 0.0444 e. The molecule has 1 aliphatic carbocycles. The van der Waals surface area contributed by atoms with Gasteiger partial charge in [0, 0.05) is 5.03 Å². The van der Waals surface area contributed by atoms with Crippen LogP contribution in [-0.2, 0) is 0 Å². The third kappa shape index (κ3) is 1.84. The van der Waals surface area contributed by atoms with E-state index in [1.165, 1.54) is 5.56 Å². The predicted molar refractivity (Wildman–Crippen MR) is 57.3 cm³/mol. The molecule has 0 nitrogen and oxygen atoms in total. The number of halogens is 1. The summed E-state index contributed by atoms with van der Waals surface area (Å²) < 4.78 is 0. The largest absolute Gasteiger partial charge is 0.0840 e. The molecule has 0 spiro atoms. The molecule has 0 heterocycles. The first-order valence-corrected chi connectivity index (χ1v) is 4.70. The molecule has 0 aromatic heterocycles. The molecule has 1 heteroatoms. The van der Waals surface area contributed by atoms with Crippen molar-refractivity contribution < 1.29 is 0 Å². The number of allylic oxidation sites excluding steroid dienone is 4. The van der Waals surface area contributed by atoms with Gasteiger partial charge in [-0.1, -0.05) is 54.1 Å². The fraction of sp³-hybridized carbons (Fsp3) is 0.0833. The van der Waals surface area contributed by atoms with E-state index in [1.54, 1.807) is 0 Å². The second-order valence-corrected chi connectivity index (χ2v) is 3.38. The fourth-order valence-corrected chi connectivity index (χ4v) is 1.69. The van der Waals surface area contributed by atoms with Crippen molar-refractivity contribution in [3.63, 3.8) is 0 Å². The Balaban J connectivity index is 2.37. The van der Waals surface area contributed by atoms with Crippen LogP contribution in [0.1, 0.15) is 12.0 Å². The van der Waals surface area contributed by atoms with Crippen molar-refractivity contribution in [2.45, 2.75) is 6.42 Å². The Morgan fingerprint density at radius 3 is 2.54 bits per heavy atom. The molecular weight excluding hydrogens is 180 g/mol. The van der Waals surface area contributed by atoms with E-state index >= 15 is 0 Å². The molecule has 0 N–H and O–H groups in total. The summed E-state index contributed by atoms with van der Waals surface area (Å²) >= 11 is 6.08. The smallest absolute Gasteiger partial charge is 0.0444 e. The van der Waals surface area contributed by atoms with Crippen molar-refractivity contribution in [3.05, 3.63) is 59.5 Å². The number of rotatable bonds is 1. The summed E-state index contributed by atoms with van der Waals surface area (Å²) in [6.45, 7) is 0. The minimum Gasteiger partial charge on any atom is -0.0840 e. The van der Waals surface area contributed by atoms with Gasteiger partial charge in [0.25, 0.3) is 0 Å². The summed E-state index contributed by atoms with van der Waals surface area (Å²) in [6.07, 6.45) is 7.15. The van der Waals surface area contributed by atoms with Crippen LogP contribution < -0.4 is 0 Å². The van der Waals surface area contributed by atoms with E-state index in [1.807, 2.05) is 24.3 Å². The molecular formula is C12H10Cl. The highest BCUT2D eigenvalue weighted by molar-refractivity contribution is 6.37. The van der Waals surface area contributed by atoms with Crippen LogP contribution in [0.15, 0.2) is 47.5 Å². The molecule has 1 aliphatic rings. The lowest BCUT2D eigenvalue weighted by molar-refractivity contribution is 1.26. The zero-order valence-corrected chi connectivity index (χ0v) is 7.96. The minimum absolute atomic E-state index is 0.831. The van der Waals surface area contributed by atoms with E-state index in [4.69, 9.17) is 11.6 Å². The molecule has 1 radical (unpaired) electrons. The molecule has 0 fully saturated rings. The minimum atomic E-state index is 0.831. The standard InChI is InChI=1S/C12H10Cl/c13-12-9-5-4-8-11(12)10-6-2-1-3-7-10/h1-3,5-9H,4H2. The molecule has 0 bridgehead atoms. The Morgan fingerprint density at radius 1 is 1.08 bits per heavy atom. The van der Waals surface area contributed by atoms with Crippen molar-refractivity contribution in [2.24, 2.45) is 0 Å². The lowest BCUT2D eigenvalue weighted by Crippen LogP contribution is -1.89. The second kappa shape index (κ2) is 3.80. The van der Waals surface area contributed by atoms with Crippen molar-refractivity contribution in [1.82, 2.24) is 0 Å². The lowest BCUT2D eigenvalue weighted by Gasteiger charge is -2.10. The average molecular weight is 190 g/mol. The van der Waals surface area contributed by atoms with Crippen LogP contribution in [0.2, 0.25) is 0 Å². The summed E-state index contributed by atoms with van der Waals surface area (Å²) in [5.41, 5.74) is 2.33. The van der Waals surface area contributed by atoms with E-state index in [-0.39, 0.29) is 0 Å². The Bertz CT molecular complexity index is 347. The topological polar surface area (TPSA) is 0 Å². The van der Waals surface area contributed by atoms with Crippen LogP contribution in [0, 0.1) is 6.42 Å². The van der Waals surface area contributed by atoms with Gasteiger partial charge in [-0.2, -0.15) is 0 Å². The summed E-state index contributed by atoms with van der Waals surface area (Å²) in [6, 6.07) is 10.2. The van der Waals surface area contributed by atoms with Gasteiger partial charge in [0.15, 0.2) is 0 Å². The van der Waals surface area contributed by atoms with Crippen LogP contribution in [0.4, 0.5) is 0 Å². The van der Waals surface area contributed by atoms with E-state index in [0.29, 0.717) is 0 Å². The maximum absolute atomic E-state index is 6.08. The normalized spacial score (nSPS) is 16.4. The summed E-state index contributed by atoms with van der Waals surface area (Å²) in [5.74, 6) is 0. The van der Waals surface area contributed by atoms with Crippen molar-refractivity contribution in [3.8, 4) is 0 Å². The summed E-state index contributed by atoms with van der Waals surface area (Å²) in [5, 5.41) is 0.831. The molecule has 0 atom stereocenters. The van der Waals surface area contributed by atoms with Crippen LogP contribution >= 0.6 is 11.6 Å². The lowest BCUT2D eigenvalue weighted by atomic mass is 9.99. The molecule has 1 aromatic carbocycles. The zero-order valence-electron chi connectivity index (χ0n) is 7.20. The van der Waals surface area contributed by atoms with Crippen molar-refractivity contribution >= 4 is 17.2 Å². The van der Waals surface area contributed by atoms with Crippen molar-refractivity contribution in [2.75, 3.05) is 0 Å². The van der Waals surface area contributed by atoms with Gasteiger partial charge >= 0.3 is 0 Å². The zero-order chi connectivity index (χ0) is 9.10. The van der Waals surface area contributed by atoms with Crippen LogP contribution in [-0.4, -0.2) is 0 Å². The Hall–Kier alpha value is -1.01. The Labute approximate surface area is 83.5 Å². The van der Waals surface area contributed by atoms with Crippen LogP contribution in [0.3, 0.4) is 0 Å². The number of benzene rings is 1. The first-order valence-electron chi connectivity index (χ1n) is 4.33. The SMILES string of the molecule is ClC1=C[CH]CC=C1c1ccccc1. The monoisotopic (exact) mass is 189 g/mol. The molecule has 13 heavy (non-hydrogen) atoms. The highest BCUT2D eigenvalue weighted by atomic mass is 35.5. The third-order valence-corrected chi connectivity index (χ3v) is 2.39. The van der Waals surface area contributed by atoms with Gasteiger partial charge in [-0.05, 0) is 24.0 Å². The van der Waals surface area contributed by atoms with Crippen LogP contribution in [0.5, 0.6) is 0 Å². The first kappa shape index (κ1) is 8.58. The molecule has 0 amide bonds. The molecule has 0 saturated carbocycles. The number of hydrogen-bond acceptors (Lipinski definition) is 0. The van der Waals surface area contributed by atoms with Gasteiger partial charge in [-0.15, -0.1) is 0 Å². The molecule has 1 aromatic rings. The van der Waals surface area contributed by atoms with E-state index in [2.05, 4.69) is 24.6 Å². The van der Waals surface area contributed by atoms with Gasteiger partial charge in [0.1, 0.15) is 0 Å². The Morgan fingerprint density at radius 2 is 1.85 bits per heavy atom. The van der Waals surface area contributed by atoms with Gasteiger partial charge in [-0.3, -0.25) is 0 Å².